The van der Waals surface area contributed by atoms with Crippen molar-refractivity contribution in [3.05, 3.63) is 47.0 Å². The molecule has 19 heavy (non-hydrogen) atoms. The molecule has 102 valence electrons. The Morgan fingerprint density at radius 1 is 1.11 bits per heavy atom. The highest BCUT2D eigenvalue weighted by atomic mass is 15.1. The predicted molar refractivity (Wildman–Crippen MR) is 84.2 cm³/mol. The average Bonchev–Trinajstić information content (AvgIpc) is 2.46. The summed E-state index contributed by atoms with van der Waals surface area (Å²) in [6.45, 7) is 4.89. The lowest BCUT2D eigenvalue weighted by Gasteiger charge is -2.12. The Kier molecular flexibility index (Phi) is 5.26. The Hall–Kier alpha value is -1.50. The summed E-state index contributed by atoms with van der Waals surface area (Å²) < 4.78 is 0. The van der Waals surface area contributed by atoms with Crippen LogP contribution in [0.1, 0.15) is 37.7 Å². The highest BCUT2D eigenvalue weighted by Crippen LogP contribution is 2.05. The second kappa shape index (κ2) is 7.18. The van der Waals surface area contributed by atoms with Gasteiger partial charge in [0.15, 0.2) is 0 Å². The van der Waals surface area contributed by atoms with E-state index in [9.17, 15) is 0 Å². The van der Waals surface area contributed by atoms with Gasteiger partial charge in [-0.3, -0.25) is 0 Å². The molecule has 0 heterocycles. The zero-order valence-corrected chi connectivity index (χ0v) is 12.1. The Balaban J connectivity index is 1.79. The second-order valence-electron chi connectivity index (χ2n) is 5.42. The summed E-state index contributed by atoms with van der Waals surface area (Å²) in [4.78, 5) is 2.16. The van der Waals surface area contributed by atoms with Crippen molar-refractivity contribution in [1.29, 1.82) is 0 Å². The van der Waals surface area contributed by atoms with E-state index in [0.717, 1.165) is 6.54 Å². The molecule has 0 amide bonds. The molecule has 0 N–H and O–H groups in total. The molecule has 1 nitrogen and oxygen atoms in total. The minimum Gasteiger partial charge on any atom is -0.381 e. The van der Waals surface area contributed by atoms with Gasteiger partial charge in [-0.1, -0.05) is 43.4 Å². The summed E-state index contributed by atoms with van der Waals surface area (Å²) >= 11 is 0. The maximum Gasteiger partial charge on any atom is 0.0169 e. The highest BCUT2D eigenvalue weighted by molar-refractivity contribution is 5.39. The van der Waals surface area contributed by atoms with Gasteiger partial charge in [-0.15, -0.1) is 0 Å². The zero-order valence-electron chi connectivity index (χ0n) is 12.1. The van der Waals surface area contributed by atoms with E-state index in [1.807, 2.05) is 6.20 Å². The minimum absolute atomic E-state index is 1.12. The third-order valence-corrected chi connectivity index (χ3v) is 3.83. The van der Waals surface area contributed by atoms with E-state index in [-0.39, 0.29) is 0 Å². The van der Waals surface area contributed by atoms with Crippen LogP contribution >= 0.6 is 0 Å². The van der Waals surface area contributed by atoms with Gasteiger partial charge in [-0.25, -0.2) is 0 Å². The molecule has 0 unspecified atom stereocenters. The number of rotatable bonds is 7. The molecule has 1 aliphatic rings. The van der Waals surface area contributed by atoms with Crippen molar-refractivity contribution >= 4 is 12.2 Å². The van der Waals surface area contributed by atoms with Gasteiger partial charge in [0.1, 0.15) is 0 Å². The molecule has 0 fully saturated rings. The van der Waals surface area contributed by atoms with E-state index in [2.05, 4.69) is 48.9 Å². The number of hydrogen-bond acceptors (Lipinski definition) is 1. The number of benzene rings is 1. The lowest BCUT2D eigenvalue weighted by atomic mass is 10.0. The van der Waals surface area contributed by atoms with Gasteiger partial charge in [0.25, 0.3) is 0 Å². The van der Waals surface area contributed by atoms with E-state index in [1.54, 1.807) is 0 Å². The summed E-state index contributed by atoms with van der Waals surface area (Å²) in [6.07, 6.45) is 14.1. The van der Waals surface area contributed by atoms with Crippen LogP contribution in [0.3, 0.4) is 0 Å². The fourth-order valence-corrected chi connectivity index (χ4v) is 2.58. The fraction of sp³-hybridized carbons (Fsp3) is 0.444. The SMILES string of the molecule is C=CN(C)CCCCCc1ccc2c(c1)=CCCC=2. The second-order valence-corrected chi connectivity index (χ2v) is 5.42. The summed E-state index contributed by atoms with van der Waals surface area (Å²) in [5, 5.41) is 2.86. The average molecular weight is 255 g/mol. The summed E-state index contributed by atoms with van der Waals surface area (Å²) in [5.74, 6) is 0. The third kappa shape index (κ3) is 4.27. The zero-order chi connectivity index (χ0) is 13.5. The lowest BCUT2D eigenvalue weighted by molar-refractivity contribution is 0.433. The Morgan fingerprint density at radius 2 is 1.89 bits per heavy atom. The van der Waals surface area contributed by atoms with Crippen molar-refractivity contribution in [2.24, 2.45) is 0 Å². The van der Waals surface area contributed by atoms with Gasteiger partial charge in [-0.05, 0) is 54.3 Å². The third-order valence-electron chi connectivity index (χ3n) is 3.83. The van der Waals surface area contributed by atoms with Gasteiger partial charge >= 0.3 is 0 Å². The van der Waals surface area contributed by atoms with Crippen molar-refractivity contribution in [2.75, 3.05) is 13.6 Å². The van der Waals surface area contributed by atoms with Crippen LogP contribution in [0.15, 0.2) is 31.0 Å². The van der Waals surface area contributed by atoms with E-state index in [4.69, 9.17) is 0 Å². The van der Waals surface area contributed by atoms with Crippen molar-refractivity contribution in [1.82, 2.24) is 4.90 Å². The Labute approximate surface area is 116 Å². The monoisotopic (exact) mass is 255 g/mol. The first kappa shape index (κ1) is 13.9. The lowest BCUT2D eigenvalue weighted by Crippen LogP contribution is -2.26. The molecule has 0 spiro atoms. The van der Waals surface area contributed by atoms with Crippen molar-refractivity contribution in [3.63, 3.8) is 0 Å². The molecule has 1 heteroatoms. The van der Waals surface area contributed by atoms with Gasteiger partial charge in [-0.2, -0.15) is 0 Å². The molecule has 0 radical (unpaired) electrons. The van der Waals surface area contributed by atoms with Crippen LogP contribution in [0.2, 0.25) is 0 Å². The molecule has 1 aromatic rings. The summed E-state index contributed by atoms with van der Waals surface area (Å²) in [5.41, 5.74) is 1.49. The smallest absolute Gasteiger partial charge is 0.0169 e. The van der Waals surface area contributed by atoms with Gasteiger partial charge in [0, 0.05) is 13.6 Å². The molecule has 1 aliphatic carbocycles. The Morgan fingerprint density at radius 3 is 2.68 bits per heavy atom. The number of hydrogen-bond donors (Lipinski definition) is 0. The predicted octanol–water partition coefficient (Wildman–Crippen LogP) is 2.83. The van der Waals surface area contributed by atoms with Crippen LogP contribution in [-0.2, 0) is 6.42 Å². The summed E-state index contributed by atoms with van der Waals surface area (Å²) in [6, 6.07) is 6.96. The molecule has 0 saturated heterocycles. The molecule has 0 bridgehead atoms. The molecule has 2 rings (SSSR count). The van der Waals surface area contributed by atoms with Crippen LogP contribution in [0.5, 0.6) is 0 Å². The van der Waals surface area contributed by atoms with Crippen molar-refractivity contribution in [2.45, 2.75) is 38.5 Å². The van der Waals surface area contributed by atoms with E-state index < -0.39 is 0 Å². The molecule has 0 aromatic heterocycles. The van der Waals surface area contributed by atoms with Crippen molar-refractivity contribution < 1.29 is 0 Å². The first-order valence-electron chi connectivity index (χ1n) is 7.42. The molecule has 0 aliphatic heterocycles. The van der Waals surface area contributed by atoms with Crippen molar-refractivity contribution in [3.8, 4) is 0 Å². The quantitative estimate of drug-likeness (QED) is 0.677. The molecular formula is C18H25N. The molecular weight excluding hydrogens is 230 g/mol. The van der Waals surface area contributed by atoms with E-state index in [0.29, 0.717) is 0 Å². The number of fused-ring (bicyclic) bond motifs is 1. The largest absolute Gasteiger partial charge is 0.381 e. The highest BCUT2D eigenvalue weighted by Gasteiger charge is 1.98. The van der Waals surface area contributed by atoms with Gasteiger partial charge in [0.2, 0.25) is 0 Å². The Bertz CT molecular complexity index is 527. The maximum absolute atomic E-state index is 3.77. The standard InChI is InChI=1S/C18H25N/c1-3-19(2)14-8-4-5-9-16-12-13-17-10-6-7-11-18(17)15-16/h3,10-13,15H,1,4-9,14H2,2H3. The van der Waals surface area contributed by atoms with Crippen LogP contribution < -0.4 is 10.4 Å². The van der Waals surface area contributed by atoms with Crippen LogP contribution in [-0.4, -0.2) is 18.5 Å². The minimum atomic E-state index is 1.12. The molecule has 1 aromatic carbocycles. The fourth-order valence-electron chi connectivity index (χ4n) is 2.58. The van der Waals surface area contributed by atoms with Crippen LogP contribution in [0, 0.1) is 0 Å². The van der Waals surface area contributed by atoms with Crippen LogP contribution in [0.25, 0.3) is 12.2 Å². The van der Waals surface area contributed by atoms with Gasteiger partial charge < -0.3 is 4.90 Å². The first-order chi connectivity index (χ1) is 9.29. The first-order valence-corrected chi connectivity index (χ1v) is 7.42. The number of aryl methyl sites for hydroxylation is 1. The maximum atomic E-state index is 3.77. The van der Waals surface area contributed by atoms with E-state index in [1.165, 1.54) is 54.5 Å². The van der Waals surface area contributed by atoms with E-state index >= 15 is 0 Å². The number of nitrogens with zero attached hydrogens (tertiary/aromatic N) is 1. The number of unbranched alkanes of at least 4 members (excludes halogenated alkanes) is 2. The van der Waals surface area contributed by atoms with Crippen LogP contribution in [0.4, 0.5) is 0 Å². The summed E-state index contributed by atoms with van der Waals surface area (Å²) in [7, 11) is 2.09. The van der Waals surface area contributed by atoms with Gasteiger partial charge in [0.05, 0.1) is 0 Å². The topological polar surface area (TPSA) is 3.24 Å². The normalized spacial score (nSPS) is 13.1. The molecule has 0 atom stereocenters. The molecule has 0 saturated carbocycles.